The molecule has 0 amide bonds. The maximum absolute atomic E-state index is 4.59. The van der Waals surface area contributed by atoms with Crippen LogP contribution in [0.3, 0.4) is 0 Å². The first-order valence-electron chi connectivity index (χ1n) is 7.75. The monoisotopic (exact) mass is 276 g/mol. The van der Waals surface area contributed by atoms with Gasteiger partial charge in [0.15, 0.2) is 0 Å². The van der Waals surface area contributed by atoms with Gasteiger partial charge in [-0.1, -0.05) is 27.7 Å². The van der Waals surface area contributed by atoms with Crippen LogP contribution in [0.1, 0.15) is 52.7 Å². The van der Waals surface area contributed by atoms with E-state index in [-0.39, 0.29) is 0 Å². The Morgan fingerprint density at radius 1 is 1.20 bits per heavy atom. The summed E-state index contributed by atoms with van der Waals surface area (Å²) in [6.45, 7) is 12.0. The molecule has 1 fully saturated rings. The zero-order valence-electron chi connectivity index (χ0n) is 13.3. The van der Waals surface area contributed by atoms with Crippen LogP contribution in [-0.2, 0) is 6.54 Å². The summed E-state index contributed by atoms with van der Waals surface area (Å²) in [7, 11) is 0. The maximum atomic E-state index is 4.59. The molecule has 0 aromatic carbocycles. The zero-order valence-corrected chi connectivity index (χ0v) is 13.3. The molecule has 0 spiro atoms. The molecule has 4 nitrogen and oxygen atoms in total. The molecule has 112 valence electrons. The molecule has 1 aliphatic rings. The van der Waals surface area contributed by atoms with Crippen LogP contribution in [0.5, 0.6) is 0 Å². The van der Waals surface area contributed by atoms with Crippen LogP contribution in [0.2, 0.25) is 0 Å². The van der Waals surface area contributed by atoms with Crippen LogP contribution in [0.25, 0.3) is 0 Å². The third kappa shape index (κ3) is 4.44. The van der Waals surface area contributed by atoms with Crippen molar-refractivity contribution < 1.29 is 0 Å². The molecular weight excluding hydrogens is 248 g/mol. The van der Waals surface area contributed by atoms with Crippen molar-refractivity contribution >= 4 is 5.82 Å². The SMILES string of the molecule is CC(C)NCc1cnc(N2CCCC(C)(C)CC2)cn1. The number of nitrogens with zero attached hydrogens (tertiary/aromatic N) is 3. The van der Waals surface area contributed by atoms with Gasteiger partial charge in [0.2, 0.25) is 0 Å². The lowest BCUT2D eigenvalue weighted by atomic mass is 9.85. The Morgan fingerprint density at radius 3 is 2.65 bits per heavy atom. The predicted molar refractivity (Wildman–Crippen MR) is 83.9 cm³/mol. The molecule has 20 heavy (non-hydrogen) atoms. The van der Waals surface area contributed by atoms with Crippen LogP contribution in [0.15, 0.2) is 12.4 Å². The minimum absolute atomic E-state index is 0.462. The molecule has 1 saturated heterocycles. The molecule has 0 unspecified atom stereocenters. The summed E-state index contributed by atoms with van der Waals surface area (Å²) >= 11 is 0. The fraction of sp³-hybridized carbons (Fsp3) is 0.750. The van der Waals surface area contributed by atoms with Crippen LogP contribution < -0.4 is 10.2 Å². The first-order valence-corrected chi connectivity index (χ1v) is 7.75. The highest BCUT2D eigenvalue weighted by Crippen LogP contribution is 2.30. The van der Waals surface area contributed by atoms with E-state index < -0.39 is 0 Å². The standard InChI is InChI=1S/C16H28N4/c1-13(2)17-10-14-11-19-15(12-18-14)20-8-5-6-16(3,4)7-9-20/h11-13,17H,5-10H2,1-4H3. The fourth-order valence-corrected chi connectivity index (χ4v) is 2.56. The molecule has 0 saturated carbocycles. The van der Waals surface area contributed by atoms with Gasteiger partial charge in [-0.25, -0.2) is 4.98 Å². The van der Waals surface area contributed by atoms with Crippen LogP contribution in [0.4, 0.5) is 5.82 Å². The van der Waals surface area contributed by atoms with Crippen molar-refractivity contribution in [3.05, 3.63) is 18.1 Å². The molecule has 1 aromatic heterocycles. The van der Waals surface area contributed by atoms with Gasteiger partial charge in [0.1, 0.15) is 5.82 Å². The molecular formula is C16H28N4. The Morgan fingerprint density at radius 2 is 2.00 bits per heavy atom. The fourth-order valence-electron chi connectivity index (χ4n) is 2.56. The van der Waals surface area contributed by atoms with E-state index >= 15 is 0 Å². The molecule has 0 bridgehead atoms. The lowest BCUT2D eigenvalue weighted by Crippen LogP contribution is -2.26. The van der Waals surface area contributed by atoms with Crippen LogP contribution in [0, 0.1) is 5.41 Å². The van der Waals surface area contributed by atoms with Crippen molar-refractivity contribution in [2.24, 2.45) is 5.41 Å². The molecule has 2 heterocycles. The van der Waals surface area contributed by atoms with Crippen molar-refractivity contribution in [3.8, 4) is 0 Å². The molecule has 4 heteroatoms. The normalized spacial score (nSPS) is 19.1. The van der Waals surface area contributed by atoms with Crippen molar-refractivity contribution in [1.82, 2.24) is 15.3 Å². The molecule has 1 aliphatic heterocycles. The van der Waals surface area contributed by atoms with Crippen molar-refractivity contribution in [3.63, 3.8) is 0 Å². The maximum Gasteiger partial charge on any atom is 0.147 e. The van der Waals surface area contributed by atoms with Gasteiger partial charge in [-0.15, -0.1) is 0 Å². The van der Waals surface area contributed by atoms with E-state index in [9.17, 15) is 0 Å². The Hall–Kier alpha value is -1.16. The van der Waals surface area contributed by atoms with E-state index in [0.29, 0.717) is 11.5 Å². The highest BCUT2D eigenvalue weighted by atomic mass is 15.2. The summed E-state index contributed by atoms with van der Waals surface area (Å²) in [5, 5.41) is 3.37. The van der Waals surface area contributed by atoms with Crippen molar-refractivity contribution in [2.45, 2.75) is 59.5 Å². The molecule has 0 radical (unpaired) electrons. The van der Waals surface area contributed by atoms with Gasteiger partial charge in [-0.05, 0) is 24.7 Å². The Labute approximate surface area is 123 Å². The highest BCUT2D eigenvalue weighted by molar-refractivity contribution is 5.36. The van der Waals surface area contributed by atoms with Gasteiger partial charge in [0, 0.05) is 25.7 Å². The summed E-state index contributed by atoms with van der Waals surface area (Å²) in [6, 6.07) is 0.476. The van der Waals surface area contributed by atoms with E-state index in [0.717, 1.165) is 31.1 Å². The highest BCUT2D eigenvalue weighted by Gasteiger charge is 2.23. The summed E-state index contributed by atoms with van der Waals surface area (Å²) in [4.78, 5) is 11.5. The third-order valence-electron chi connectivity index (χ3n) is 4.05. The summed E-state index contributed by atoms with van der Waals surface area (Å²) in [5.74, 6) is 1.02. The van der Waals surface area contributed by atoms with Gasteiger partial charge in [0.25, 0.3) is 0 Å². The third-order valence-corrected chi connectivity index (χ3v) is 4.05. The molecule has 0 atom stereocenters. The van der Waals surface area contributed by atoms with Crippen LogP contribution in [-0.4, -0.2) is 29.1 Å². The number of hydrogen-bond donors (Lipinski definition) is 1. The number of hydrogen-bond acceptors (Lipinski definition) is 4. The lowest BCUT2D eigenvalue weighted by Gasteiger charge is -2.23. The second-order valence-electron chi connectivity index (χ2n) is 6.91. The van der Waals surface area contributed by atoms with Crippen LogP contribution >= 0.6 is 0 Å². The van der Waals surface area contributed by atoms with E-state index in [4.69, 9.17) is 0 Å². The average Bonchev–Trinajstić information content (AvgIpc) is 2.58. The molecule has 1 aromatic rings. The Balaban J connectivity index is 1.95. The largest absolute Gasteiger partial charge is 0.355 e. The number of anilines is 1. The van der Waals surface area contributed by atoms with Crippen molar-refractivity contribution in [1.29, 1.82) is 0 Å². The van der Waals surface area contributed by atoms with Gasteiger partial charge in [-0.2, -0.15) is 0 Å². The van der Waals surface area contributed by atoms with Gasteiger partial charge in [0.05, 0.1) is 18.1 Å². The van der Waals surface area contributed by atoms with Gasteiger partial charge >= 0.3 is 0 Å². The van der Waals surface area contributed by atoms with E-state index in [1.165, 1.54) is 19.3 Å². The minimum atomic E-state index is 0.462. The average molecular weight is 276 g/mol. The quantitative estimate of drug-likeness (QED) is 0.918. The first kappa shape index (κ1) is 15.2. The number of nitrogens with one attached hydrogen (secondary N) is 1. The van der Waals surface area contributed by atoms with Crippen molar-refractivity contribution in [2.75, 3.05) is 18.0 Å². The predicted octanol–water partition coefficient (Wildman–Crippen LogP) is 2.99. The lowest BCUT2D eigenvalue weighted by molar-refractivity contribution is 0.325. The minimum Gasteiger partial charge on any atom is -0.355 e. The van der Waals surface area contributed by atoms with E-state index in [1.54, 1.807) is 0 Å². The topological polar surface area (TPSA) is 41.1 Å². The smallest absolute Gasteiger partial charge is 0.147 e. The first-order chi connectivity index (χ1) is 9.46. The summed E-state index contributed by atoms with van der Waals surface area (Å²) < 4.78 is 0. The number of rotatable bonds is 4. The van der Waals surface area contributed by atoms with Gasteiger partial charge < -0.3 is 10.2 Å². The summed E-state index contributed by atoms with van der Waals surface area (Å²) in [6.07, 6.45) is 7.60. The van der Waals surface area contributed by atoms with E-state index in [2.05, 4.69) is 47.9 Å². The molecule has 0 aliphatic carbocycles. The molecule has 2 rings (SSSR count). The summed E-state index contributed by atoms with van der Waals surface area (Å²) in [5.41, 5.74) is 1.47. The Kier molecular flexibility index (Phi) is 4.97. The molecule has 1 N–H and O–H groups in total. The van der Waals surface area contributed by atoms with Gasteiger partial charge in [-0.3, -0.25) is 4.98 Å². The second kappa shape index (κ2) is 6.53. The second-order valence-corrected chi connectivity index (χ2v) is 6.91. The van der Waals surface area contributed by atoms with E-state index in [1.807, 2.05) is 12.4 Å². The number of aromatic nitrogens is 2. The zero-order chi connectivity index (χ0) is 14.6. The Bertz CT molecular complexity index is 411.